The first-order chi connectivity index (χ1) is 9.33. The summed E-state index contributed by atoms with van der Waals surface area (Å²) in [6, 6.07) is 6.58. The van der Waals surface area contributed by atoms with Gasteiger partial charge >= 0.3 is 0 Å². The molecular weight excluding hydrogens is 236 g/mol. The van der Waals surface area contributed by atoms with Gasteiger partial charge in [0.1, 0.15) is 0 Å². The van der Waals surface area contributed by atoms with E-state index in [-0.39, 0.29) is 0 Å². The van der Waals surface area contributed by atoms with Crippen molar-refractivity contribution in [3.8, 4) is 0 Å². The number of aromatic nitrogens is 1. The Bertz CT molecular complexity index is 512. The Balaban J connectivity index is 0.000000637. The zero-order valence-corrected chi connectivity index (χ0v) is 12.2. The summed E-state index contributed by atoms with van der Waals surface area (Å²) >= 11 is 0. The number of aromatic amines is 1. The summed E-state index contributed by atoms with van der Waals surface area (Å²) in [6.45, 7) is 11.0. The Hall–Kier alpha value is -1.32. The van der Waals surface area contributed by atoms with Crippen LogP contribution in [0, 0.1) is 6.92 Å². The van der Waals surface area contributed by atoms with Crippen molar-refractivity contribution in [1.29, 1.82) is 0 Å². The number of hydrogen-bond donors (Lipinski definition) is 1. The van der Waals surface area contributed by atoms with Crippen molar-refractivity contribution in [2.45, 2.75) is 27.3 Å². The lowest BCUT2D eigenvalue weighted by Gasteiger charge is -2.26. The van der Waals surface area contributed by atoms with Crippen LogP contribution in [0.25, 0.3) is 10.9 Å². The van der Waals surface area contributed by atoms with E-state index < -0.39 is 0 Å². The van der Waals surface area contributed by atoms with Crippen LogP contribution >= 0.6 is 0 Å². The van der Waals surface area contributed by atoms with Crippen molar-refractivity contribution in [2.24, 2.45) is 0 Å². The average molecular weight is 260 g/mol. The molecule has 19 heavy (non-hydrogen) atoms. The molecule has 0 spiro atoms. The fourth-order valence-corrected chi connectivity index (χ4v) is 2.42. The van der Waals surface area contributed by atoms with Crippen LogP contribution in [-0.2, 0) is 11.3 Å². The predicted octanol–water partition coefficient (Wildman–Crippen LogP) is 3.33. The van der Waals surface area contributed by atoms with Crippen molar-refractivity contribution in [3.63, 3.8) is 0 Å². The number of morpholine rings is 1. The summed E-state index contributed by atoms with van der Waals surface area (Å²) in [5.41, 5.74) is 3.95. The molecule has 1 aliphatic rings. The van der Waals surface area contributed by atoms with E-state index in [2.05, 4.69) is 41.2 Å². The molecule has 3 heteroatoms. The van der Waals surface area contributed by atoms with E-state index in [1.165, 1.54) is 22.0 Å². The molecule has 0 radical (unpaired) electrons. The second-order valence-electron chi connectivity index (χ2n) is 4.75. The Labute approximate surface area is 115 Å². The van der Waals surface area contributed by atoms with Crippen molar-refractivity contribution in [2.75, 3.05) is 26.3 Å². The van der Waals surface area contributed by atoms with E-state index in [9.17, 15) is 0 Å². The number of aryl methyl sites for hydroxylation is 1. The van der Waals surface area contributed by atoms with Gasteiger partial charge in [-0.05, 0) is 24.6 Å². The zero-order chi connectivity index (χ0) is 13.7. The normalized spacial score (nSPS) is 16.2. The topological polar surface area (TPSA) is 28.3 Å². The van der Waals surface area contributed by atoms with Crippen LogP contribution in [0.4, 0.5) is 0 Å². The lowest BCUT2D eigenvalue weighted by molar-refractivity contribution is 0.0343. The quantitative estimate of drug-likeness (QED) is 0.897. The minimum atomic E-state index is 0.862. The first kappa shape index (κ1) is 14.1. The predicted molar refractivity (Wildman–Crippen MR) is 80.5 cm³/mol. The lowest BCUT2D eigenvalue weighted by Crippen LogP contribution is -2.35. The van der Waals surface area contributed by atoms with E-state index in [1.54, 1.807) is 0 Å². The van der Waals surface area contributed by atoms with Gasteiger partial charge in [-0.3, -0.25) is 4.90 Å². The number of ether oxygens (including phenoxy) is 1. The summed E-state index contributed by atoms with van der Waals surface area (Å²) in [6.07, 6.45) is 2.14. The minimum absolute atomic E-state index is 0.862. The molecule has 1 N–H and O–H groups in total. The fourth-order valence-electron chi connectivity index (χ4n) is 2.42. The molecule has 0 atom stereocenters. The van der Waals surface area contributed by atoms with Gasteiger partial charge in [0.15, 0.2) is 0 Å². The summed E-state index contributed by atoms with van der Waals surface area (Å²) in [4.78, 5) is 5.80. The Morgan fingerprint density at radius 3 is 2.68 bits per heavy atom. The summed E-state index contributed by atoms with van der Waals surface area (Å²) in [5.74, 6) is 0. The molecule has 0 amide bonds. The summed E-state index contributed by atoms with van der Waals surface area (Å²) in [7, 11) is 0. The molecule has 0 unspecified atom stereocenters. The average Bonchev–Trinajstić information content (AvgIpc) is 2.85. The molecule has 1 aliphatic heterocycles. The highest BCUT2D eigenvalue weighted by atomic mass is 16.5. The molecule has 1 saturated heterocycles. The highest BCUT2D eigenvalue weighted by Crippen LogP contribution is 2.21. The molecule has 1 fully saturated rings. The van der Waals surface area contributed by atoms with Gasteiger partial charge in [0.25, 0.3) is 0 Å². The third kappa shape index (κ3) is 3.37. The van der Waals surface area contributed by atoms with E-state index in [4.69, 9.17) is 4.74 Å². The number of nitrogens with zero attached hydrogens (tertiary/aromatic N) is 1. The van der Waals surface area contributed by atoms with E-state index >= 15 is 0 Å². The maximum Gasteiger partial charge on any atom is 0.0594 e. The molecule has 104 valence electrons. The van der Waals surface area contributed by atoms with Crippen molar-refractivity contribution in [3.05, 3.63) is 35.5 Å². The van der Waals surface area contributed by atoms with Gasteiger partial charge in [-0.25, -0.2) is 0 Å². The third-order valence-corrected chi connectivity index (χ3v) is 3.42. The van der Waals surface area contributed by atoms with Gasteiger partial charge in [0.05, 0.1) is 13.2 Å². The van der Waals surface area contributed by atoms with Crippen LogP contribution < -0.4 is 0 Å². The minimum Gasteiger partial charge on any atom is -0.379 e. The van der Waals surface area contributed by atoms with E-state index in [0.717, 1.165) is 32.8 Å². The SMILES string of the molecule is CC.Cc1ccc2[nH]cc(CN3CCOCC3)c2c1. The number of rotatable bonds is 2. The molecule has 3 nitrogen and oxygen atoms in total. The van der Waals surface area contributed by atoms with Crippen LogP contribution in [0.2, 0.25) is 0 Å². The van der Waals surface area contributed by atoms with Gasteiger partial charge in [-0.2, -0.15) is 0 Å². The Morgan fingerprint density at radius 2 is 1.95 bits per heavy atom. The van der Waals surface area contributed by atoms with Crippen LogP contribution in [-0.4, -0.2) is 36.2 Å². The molecule has 1 aromatic heterocycles. The largest absolute Gasteiger partial charge is 0.379 e. The van der Waals surface area contributed by atoms with Crippen molar-refractivity contribution < 1.29 is 4.74 Å². The number of benzene rings is 1. The molecule has 1 aromatic carbocycles. The first-order valence-corrected chi connectivity index (χ1v) is 7.19. The Kier molecular flexibility index (Phi) is 5.00. The van der Waals surface area contributed by atoms with Crippen LogP contribution in [0.15, 0.2) is 24.4 Å². The summed E-state index contributed by atoms with van der Waals surface area (Å²) in [5, 5.41) is 1.36. The third-order valence-electron chi connectivity index (χ3n) is 3.42. The monoisotopic (exact) mass is 260 g/mol. The van der Waals surface area contributed by atoms with Crippen molar-refractivity contribution >= 4 is 10.9 Å². The van der Waals surface area contributed by atoms with Gasteiger partial charge < -0.3 is 9.72 Å². The highest BCUT2D eigenvalue weighted by molar-refractivity contribution is 5.83. The molecule has 0 saturated carbocycles. The second-order valence-corrected chi connectivity index (χ2v) is 4.75. The van der Waals surface area contributed by atoms with E-state index in [0.29, 0.717) is 0 Å². The van der Waals surface area contributed by atoms with Gasteiger partial charge in [-0.15, -0.1) is 0 Å². The number of fused-ring (bicyclic) bond motifs is 1. The molecule has 3 rings (SSSR count). The smallest absolute Gasteiger partial charge is 0.0594 e. The summed E-state index contributed by atoms with van der Waals surface area (Å²) < 4.78 is 5.38. The number of hydrogen-bond acceptors (Lipinski definition) is 2. The molecular formula is C16H24N2O. The second kappa shape index (κ2) is 6.73. The van der Waals surface area contributed by atoms with Crippen molar-refractivity contribution in [1.82, 2.24) is 9.88 Å². The highest BCUT2D eigenvalue weighted by Gasteiger charge is 2.12. The van der Waals surface area contributed by atoms with Crippen LogP contribution in [0.5, 0.6) is 0 Å². The maximum atomic E-state index is 5.38. The standard InChI is InChI=1S/C14H18N2O.C2H6/c1-11-2-3-14-13(8-11)12(9-15-14)10-16-4-6-17-7-5-16;1-2/h2-3,8-9,15H,4-7,10H2,1H3;1-2H3. The zero-order valence-electron chi connectivity index (χ0n) is 12.2. The van der Waals surface area contributed by atoms with Gasteiger partial charge in [-0.1, -0.05) is 25.5 Å². The molecule has 0 aliphatic carbocycles. The van der Waals surface area contributed by atoms with Crippen LogP contribution in [0.3, 0.4) is 0 Å². The fraction of sp³-hybridized carbons (Fsp3) is 0.500. The molecule has 2 aromatic rings. The molecule has 2 heterocycles. The lowest BCUT2D eigenvalue weighted by atomic mass is 10.1. The van der Waals surface area contributed by atoms with E-state index in [1.807, 2.05) is 13.8 Å². The van der Waals surface area contributed by atoms with Gasteiger partial charge in [0, 0.05) is 36.7 Å². The number of nitrogens with one attached hydrogen (secondary N) is 1. The molecule has 0 bridgehead atoms. The number of H-pyrrole nitrogens is 1. The first-order valence-electron chi connectivity index (χ1n) is 7.19. The van der Waals surface area contributed by atoms with Gasteiger partial charge in [0.2, 0.25) is 0 Å². The maximum absolute atomic E-state index is 5.38. The Morgan fingerprint density at radius 1 is 1.21 bits per heavy atom. The van der Waals surface area contributed by atoms with Crippen LogP contribution in [0.1, 0.15) is 25.0 Å².